The fourth-order valence-electron chi connectivity index (χ4n) is 4.43. The number of rotatable bonds is 6. The summed E-state index contributed by atoms with van der Waals surface area (Å²) in [6.45, 7) is 2.58. The van der Waals surface area contributed by atoms with Gasteiger partial charge < -0.3 is 15.1 Å². The lowest BCUT2D eigenvalue weighted by atomic mass is 9.95. The molecule has 1 aromatic heterocycles. The molecule has 2 aliphatic heterocycles. The molecule has 0 aliphatic carbocycles. The van der Waals surface area contributed by atoms with Crippen LogP contribution in [0.3, 0.4) is 0 Å². The molecule has 7 heteroatoms. The van der Waals surface area contributed by atoms with Gasteiger partial charge in [0, 0.05) is 32.6 Å². The summed E-state index contributed by atoms with van der Waals surface area (Å²) in [5, 5.41) is 4.93. The smallest absolute Gasteiger partial charge is 0.263 e. The zero-order valence-electron chi connectivity index (χ0n) is 17.7. The van der Waals surface area contributed by atoms with Crippen molar-refractivity contribution < 1.29 is 14.4 Å². The van der Waals surface area contributed by atoms with Gasteiger partial charge in [0.05, 0.1) is 10.8 Å². The second kappa shape index (κ2) is 10.1. The third-order valence-corrected chi connectivity index (χ3v) is 6.98. The van der Waals surface area contributed by atoms with E-state index >= 15 is 0 Å². The molecule has 1 aromatic carbocycles. The minimum Gasteiger partial charge on any atom is -0.344 e. The van der Waals surface area contributed by atoms with E-state index in [1.54, 1.807) is 4.90 Å². The molecule has 164 valence electrons. The number of piperidine rings is 1. The third-order valence-electron chi connectivity index (χ3n) is 6.13. The van der Waals surface area contributed by atoms with Crippen molar-refractivity contribution in [3.63, 3.8) is 0 Å². The fraction of sp³-hybridized carbons (Fsp3) is 0.458. The van der Waals surface area contributed by atoms with E-state index in [2.05, 4.69) is 5.32 Å². The molecule has 0 radical (unpaired) electrons. The average Bonchev–Trinajstić information content (AvgIpc) is 3.53. The van der Waals surface area contributed by atoms with Gasteiger partial charge in [0.15, 0.2) is 0 Å². The quantitative estimate of drug-likeness (QED) is 0.752. The summed E-state index contributed by atoms with van der Waals surface area (Å²) in [7, 11) is 0. The molecule has 2 fully saturated rings. The topological polar surface area (TPSA) is 69.7 Å². The van der Waals surface area contributed by atoms with Gasteiger partial charge in [-0.25, -0.2) is 0 Å². The second-order valence-electron chi connectivity index (χ2n) is 8.35. The standard InChI is InChI=1S/C24H29N3O3S/c28-22(19-10-6-14-27(17-19)24(30)21-11-7-15-31-21)25-20(16-18-8-2-1-3-9-18)23(29)26-12-4-5-13-26/h1-3,7-9,11,15,19-20H,4-6,10,12-14,16-17H2,(H,25,28). The molecule has 3 amide bonds. The normalized spacial score (nSPS) is 19.8. The molecular formula is C24H29N3O3S. The number of likely N-dealkylation sites (tertiary alicyclic amines) is 2. The summed E-state index contributed by atoms with van der Waals surface area (Å²) in [5.41, 5.74) is 1.03. The first-order valence-corrected chi connectivity index (χ1v) is 12.0. The number of hydrogen-bond donors (Lipinski definition) is 1. The Morgan fingerprint density at radius 2 is 1.71 bits per heavy atom. The molecule has 4 rings (SSSR count). The molecule has 31 heavy (non-hydrogen) atoms. The lowest BCUT2D eigenvalue weighted by molar-refractivity contribution is -0.137. The summed E-state index contributed by atoms with van der Waals surface area (Å²) in [6.07, 6.45) is 4.03. The average molecular weight is 440 g/mol. The minimum atomic E-state index is -0.573. The van der Waals surface area contributed by atoms with Crippen LogP contribution >= 0.6 is 11.3 Å². The number of thiophene rings is 1. The van der Waals surface area contributed by atoms with Crippen molar-refractivity contribution in [2.24, 2.45) is 5.92 Å². The molecule has 0 bridgehead atoms. The first kappa shape index (κ1) is 21.6. The number of amides is 3. The summed E-state index contributed by atoms with van der Waals surface area (Å²) in [6, 6.07) is 12.9. The molecule has 2 aromatic rings. The van der Waals surface area contributed by atoms with E-state index in [4.69, 9.17) is 0 Å². The summed E-state index contributed by atoms with van der Waals surface area (Å²) >= 11 is 1.42. The maximum Gasteiger partial charge on any atom is 0.263 e. The molecule has 2 unspecified atom stereocenters. The highest BCUT2D eigenvalue weighted by molar-refractivity contribution is 7.12. The van der Waals surface area contributed by atoms with Crippen molar-refractivity contribution >= 4 is 29.1 Å². The van der Waals surface area contributed by atoms with E-state index in [0.29, 0.717) is 24.4 Å². The van der Waals surface area contributed by atoms with Crippen LogP contribution in [0.1, 0.15) is 40.9 Å². The van der Waals surface area contributed by atoms with Crippen molar-refractivity contribution in [3.05, 3.63) is 58.3 Å². The van der Waals surface area contributed by atoms with Gasteiger partial charge in [0.1, 0.15) is 6.04 Å². The number of carbonyl (C=O) groups excluding carboxylic acids is 3. The number of nitrogens with zero attached hydrogens (tertiary/aromatic N) is 2. The Labute approximate surface area is 187 Å². The van der Waals surface area contributed by atoms with Crippen molar-refractivity contribution in [3.8, 4) is 0 Å². The van der Waals surface area contributed by atoms with Crippen LogP contribution in [0.4, 0.5) is 0 Å². The maximum atomic E-state index is 13.2. The second-order valence-corrected chi connectivity index (χ2v) is 9.30. The summed E-state index contributed by atoms with van der Waals surface area (Å²) < 4.78 is 0. The van der Waals surface area contributed by atoms with E-state index in [1.807, 2.05) is 52.7 Å². The van der Waals surface area contributed by atoms with Crippen LogP contribution in [-0.4, -0.2) is 59.7 Å². The molecule has 6 nitrogen and oxygen atoms in total. The molecule has 2 saturated heterocycles. The number of hydrogen-bond acceptors (Lipinski definition) is 4. The molecule has 0 spiro atoms. The van der Waals surface area contributed by atoms with Crippen molar-refractivity contribution in [1.29, 1.82) is 0 Å². The Hall–Kier alpha value is -2.67. The molecule has 0 saturated carbocycles. The van der Waals surface area contributed by atoms with Crippen molar-refractivity contribution in [2.75, 3.05) is 26.2 Å². The van der Waals surface area contributed by atoms with E-state index < -0.39 is 6.04 Å². The highest BCUT2D eigenvalue weighted by Gasteiger charge is 2.33. The van der Waals surface area contributed by atoms with Gasteiger partial charge in [-0.15, -0.1) is 11.3 Å². The Bertz CT molecular complexity index is 894. The lowest BCUT2D eigenvalue weighted by Crippen LogP contribution is -2.53. The Balaban J connectivity index is 1.43. The number of carbonyl (C=O) groups is 3. The van der Waals surface area contributed by atoms with Gasteiger partial charge in [-0.05, 0) is 42.7 Å². The highest BCUT2D eigenvalue weighted by atomic mass is 32.1. The Morgan fingerprint density at radius 1 is 0.968 bits per heavy atom. The first-order valence-electron chi connectivity index (χ1n) is 11.1. The van der Waals surface area contributed by atoms with Gasteiger partial charge in [-0.3, -0.25) is 14.4 Å². The largest absolute Gasteiger partial charge is 0.344 e. The molecule has 2 aliphatic rings. The van der Waals surface area contributed by atoms with Crippen LogP contribution in [0.25, 0.3) is 0 Å². The van der Waals surface area contributed by atoms with Crippen molar-refractivity contribution in [1.82, 2.24) is 15.1 Å². The Kier molecular flexibility index (Phi) is 7.02. The number of benzene rings is 1. The molecule has 1 N–H and O–H groups in total. The van der Waals surface area contributed by atoms with E-state index in [0.717, 1.165) is 44.3 Å². The van der Waals surface area contributed by atoms with E-state index in [9.17, 15) is 14.4 Å². The first-order chi connectivity index (χ1) is 15.1. The lowest BCUT2D eigenvalue weighted by Gasteiger charge is -2.33. The zero-order chi connectivity index (χ0) is 21.6. The van der Waals surface area contributed by atoms with Crippen LogP contribution in [0.5, 0.6) is 0 Å². The fourth-order valence-corrected chi connectivity index (χ4v) is 5.12. The van der Waals surface area contributed by atoms with Crippen LogP contribution in [0.2, 0.25) is 0 Å². The van der Waals surface area contributed by atoms with Gasteiger partial charge in [0.25, 0.3) is 5.91 Å². The van der Waals surface area contributed by atoms with Crippen LogP contribution in [0.15, 0.2) is 47.8 Å². The molecule has 3 heterocycles. The third kappa shape index (κ3) is 5.34. The summed E-state index contributed by atoms with van der Waals surface area (Å²) in [5.74, 6) is -0.432. The maximum absolute atomic E-state index is 13.2. The Morgan fingerprint density at radius 3 is 2.42 bits per heavy atom. The monoisotopic (exact) mass is 439 g/mol. The number of nitrogens with one attached hydrogen (secondary N) is 1. The predicted molar refractivity (Wildman–Crippen MR) is 121 cm³/mol. The van der Waals surface area contributed by atoms with Gasteiger partial charge in [-0.2, -0.15) is 0 Å². The summed E-state index contributed by atoms with van der Waals surface area (Å²) in [4.78, 5) is 43.4. The SMILES string of the molecule is O=C(NC(Cc1ccccc1)C(=O)N1CCCC1)C1CCCN(C(=O)c2cccs2)C1. The van der Waals surface area contributed by atoms with Crippen LogP contribution in [0, 0.1) is 5.92 Å². The minimum absolute atomic E-state index is 0.00275. The zero-order valence-corrected chi connectivity index (χ0v) is 18.5. The van der Waals surface area contributed by atoms with Crippen LogP contribution in [-0.2, 0) is 16.0 Å². The van der Waals surface area contributed by atoms with E-state index in [1.165, 1.54) is 11.3 Å². The van der Waals surface area contributed by atoms with Crippen molar-refractivity contribution in [2.45, 2.75) is 38.1 Å². The predicted octanol–water partition coefficient (Wildman–Crippen LogP) is 2.95. The van der Waals surface area contributed by atoms with Gasteiger partial charge in [0.2, 0.25) is 11.8 Å². The van der Waals surface area contributed by atoms with E-state index in [-0.39, 0.29) is 23.6 Å². The molecule has 2 atom stereocenters. The van der Waals surface area contributed by atoms with Gasteiger partial charge >= 0.3 is 0 Å². The highest BCUT2D eigenvalue weighted by Crippen LogP contribution is 2.21. The van der Waals surface area contributed by atoms with Crippen LogP contribution < -0.4 is 5.32 Å². The molecular weight excluding hydrogens is 410 g/mol. The van der Waals surface area contributed by atoms with Gasteiger partial charge in [-0.1, -0.05) is 36.4 Å².